The zero-order valence-electron chi connectivity index (χ0n) is 12.2. The minimum atomic E-state index is -1.16. The van der Waals surface area contributed by atoms with Crippen molar-refractivity contribution in [2.24, 2.45) is 0 Å². The van der Waals surface area contributed by atoms with Crippen LogP contribution in [0.25, 0.3) is 0 Å². The minimum absolute atomic E-state index is 0.0886. The Morgan fingerprint density at radius 1 is 1.35 bits per heavy atom. The van der Waals surface area contributed by atoms with E-state index < -0.39 is 23.8 Å². The quantitative estimate of drug-likeness (QED) is 0.833. The number of hydrogen-bond acceptors (Lipinski definition) is 4. The summed E-state index contributed by atoms with van der Waals surface area (Å²) in [6, 6.07) is 2.56. The smallest absolute Gasteiger partial charge is 0.334 e. The average Bonchev–Trinajstić information content (AvgIpc) is 2.53. The van der Waals surface area contributed by atoms with Crippen molar-refractivity contribution in [2.75, 3.05) is 25.0 Å². The summed E-state index contributed by atoms with van der Waals surface area (Å²) in [5, 5.41) is 11.5. The number of benzene rings is 1. The number of morpholine rings is 1. The molecule has 1 atom stereocenters. The van der Waals surface area contributed by atoms with Crippen molar-refractivity contribution in [3.05, 3.63) is 29.1 Å². The highest BCUT2D eigenvalue weighted by molar-refractivity contribution is 5.98. The number of carbonyl (C=O) groups is 3. The topological polar surface area (TPSA) is 95.9 Å². The third-order valence-electron chi connectivity index (χ3n) is 3.95. The van der Waals surface area contributed by atoms with Gasteiger partial charge in [0.05, 0.1) is 18.7 Å². The Kier molecular flexibility index (Phi) is 3.99. The molecule has 8 heteroatoms. The molecule has 2 aliphatic heterocycles. The molecule has 2 amide bonds. The van der Waals surface area contributed by atoms with Crippen molar-refractivity contribution in [2.45, 2.75) is 18.9 Å². The second-order valence-corrected chi connectivity index (χ2v) is 5.49. The van der Waals surface area contributed by atoms with Gasteiger partial charge in [-0.05, 0) is 24.1 Å². The van der Waals surface area contributed by atoms with Crippen LogP contribution >= 0.6 is 0 Å². The third-order valence-corrected chi connectivity index (χ3v) is 3.95. The number of aliphatic carboxylic acids is 1. The Morgan fingerprint density at radius 3 is 2.87 bits per heavy atom. The second-order valence-electron chi connectivity index (χ2n) is 5.49. The van der Waals surface area contributed by atoms with Gasteiger partial charge in [0, 0.05) is 18.7 Å². The van der Waals surface area contributed by atoms with Crippen molar-refractivity contribution >= 4 is 23.5 Å². The lowest BCUT2D eigenvalue weighted by Crippen LogP contribution is -2.48. The molecule has 2 aliphatic rings. The van der Waals surface area contributed by atoms with Crippen molar-refractivity contribution in [3.63, 3.8) is 0 Å². The van der Waals surface area contributed by atoms with Crippen LogP contribution in [0, 0.1) is 5.82 Å². The summed E-state index contributed by atoms with van der Waals surface area (Å²) < 4.78 is 19.3. The molecule has 0 spiro atoms. The first-order valence-corrected chi connectivity index (χ1v) is 7.21. The first kappa shape index (κ1) is 15.4. The fraction of sp³-hybridized carbons (Fsp3) is 0.400. The van der Waals surface area contributed by atoms with E-state index >= 15 is 0 Å². The van der Waals surface area contributed by atoms with E-state index in [1.165, 1.54) is 11.0 Å². The van der Waals surface area contributed by atoms with Gasteiger partial charge < -0.3 is 20.1 Å². The van der Waals surface area contributed by atoms with Crippen LogP contribution in [-0.4, -0.2) is 53.6 Å². The molecule has 1 aromatic rings. The summed E-state index contributed by atoms with van der Waals surface area (Å²) in [5.74, 6) is -2.66. The normalized spacial score (nSPS) is 20.7. The van der Waals surface area contributed by atoms with Gasteiger partial charge in [-0.1, -0.05) is 0 Å². The lowest BCUT2D eigenvalue weighted by atomic mass is 9.99. The summed E-state index contributed by atoms with van der Waals surface area (Å²) in [7, 11) is 0. The van der Waals surface area contributed by atoms with Gasteiger partial charge in [-0.15, -0.1) is 0 Å². The molecule has 0 aromatic heterocycles. The largest absolute Gasteiger partial charge is 0.479 e. The predicted octanol–water partition coefficient (Wildman–Crippen LogP) is 0.636. The van der Waals surface area contributed by atoms with Crippen molar-refractivity contribution in [3.8, 4) is 0 Å². The molecular weight excluding hydrogens is 307 g/mol. The maximum absolute atomic E-state index is 14.2. The van der Waals surface area contributed by atoms with Crippen LogP contribution in [0.4, 0.5) is 10.1 Å². The molecule has 122 valence electrons. The molecule has 0 aliphatic carbocycles. The number of carboxylic acids is 1. The van der Waals surface area contributed by atoms with Gasteiger partial charge >= 0.3 is 5.97 Å². The fourth-order valence-electron chi connectivity index (χ4n) is 2.72. The number of rotatable bonds is 2. The van der Waals surface area contributed by atoms with Crippen LogP contribution in [0.15, 0.2) is 12.1 Å². The maximum atomic E-state index is 14.2. The molecule has 1 fully saturated rings. The van der Waals surface area contributed by atoms with E-state index in [4.69, 9.17) is 9.84 Å². The predicted molar refractivity (Wildman–Crippen MR) is 76.6 cm³/mol. The molecule has 3 rings (SSSR count). The molecule has 7 nitrogen and oxygen atoms in total. The molecule has 2 N–H and O–H groups in total. The maximum Gasteiger partial charge on any atom is 0.334 e. The van der Waals surface area contributed by atoms with E-state index in [1.807, 2.05) is 0 Å². The second kappa shape index (κ2) is 5.96. The monoisotopic (exact) mass is 322 g/mol. The first-order valence-electron chi connectivity index (χ1n) is 7.21. The summed E-state index contributed by atoms with van der Waals surface area (Å²) in [6.45, 7) is 0.169. The highest BCUT2D eigenvalue weighted by atomic mass is 19.1. The van der Waals surface area contributed by atoms with Crippen molar-refractivity contribution in [1.82, 2.24) is 4.90 Å². The van der Waals surface area contributed by atoms with Crippen LogP contribution in [0.2, 0.25) is 0 Å². The molecule has 1 saturated heterocycles. The Bertz CT molecular complexity index is 691. The van der Waals surface area contributed by atoms with Gasteiger partial charge in [-0.2, -0.15) is 0 Å². The van der Waals surface area contributed by atoms with Gasteiger partial charge in [-0.25, -0.2) is 9.18 Å². The number of carboxylic acid groups (broad SMARTS) is 1. The highest BCUT2D eigenvalue weighted by Gasteiger charge is 2.31. The fourth-order valence-corrected chi connectivity index (χ4v) is 2.72. The van der Waals surface area contributed by atoms with Crippen LogP contribution in [0.1, 0.15) is 22.3 Å². The van der Waals surface area contributed by atoms with Crippen molar-refractivity contribution in [1.29, 1.82) is 0 Å². The van der Waals surface area contributed by atoms with Crippen LogP contribution < -0.4 is 5.32 Å². The van der Waals surface area contributed by atoms with E-state index in [9.17, 15) is 18.8 Å². The Morgan fingerprint density at radius 2 is 2.13 bits per heavy atom. The Hall–Kier alpha value is -2.48. The molecule has 2 heterocycles. The Balaban J connectivity index is 1.85. The van der Waals surface area contributed by atoms with Gasteiger partial charge in [-0.3, -0.25) is 9.59 Å². The number of aryl methyl sites for hydroxylation is 1. The zero-order chi connectivity index (χ0) is 16.6. The zero-order valence-corrected chi connectivity index (χ0v) is 12.2. The van der Waals surface area contributed by atoms with Gasteiger partial charge in [0.25, 0.3) is 5.91 Å². The lowest BCUT2D eigenvalue weighted by molar-refractivity contribution is -0.154. The van der Waals surface area contributed by atoms with Gasteiger partial charge in [0.2, 0.25) is 5.91 Å². The van der Waals surface area contributed by atoms with Gasteiger partial charge in [0.1, 0.15) is 5.82 Å². The third kappa shape index (κ3) is 3.02. The van der Waals surface area contributed by atoms with E-state index in [0.717, 1.165) is 6.07 Å². The van der Waals surface area contributed by atoms with E-state index in [0.29, 0.717) is 17.7 Å². The average molecular weight is 322 g/mol. The molecular formula is C15H15FN2O5. The van der Waals surface area contributed by atoms with Crippen LogP contribution in [0.5, 0.6) is 0 Å². The molecule has 0 unspecified atom stereocenters. The molecule has 1 aromatic carbocycles. The molecule has 23 heavy (non-hydrogen) atoms. The lowest BCUT2D eigenvalue weighted by Gasteiger charge is -2.31. The number of carbonyl (C=O) groups excluding carboxylic acids is 2. The van der Waals surface area contributed by atoms with Crippen molar-refractivity contribution < 1.29 is 28.6 Å². The molecule has 0 bridgehead atoms. The summed E-state index contributed by atoms with van der Waals surface area (Å²) >= 11 is 0. The van der Waals surface area contributed by atoms with E-state index in [-0.39, 0.29) is 37.6 Å². The number of nitrogens with zero attached hydrogens (tertiary/aromatic N) is 1. The van der Waals surface area contributed by atoms with Crippen LogP contribution in [0.3, 0.4) is 0 Å². The van der Waals surface area contributed by atoms with Gasteiger partial charge in [0.15, 0.2) is 6.10 Å². The number of fused-ring (bicyclic) bond motifs is 1. The number of anilines is 1. The Labute approximate surface area is 131 Å². The number of nitrogens with one attached hydrogen (secondary N) is 1. The SMILES string of the molecule is O=C1CCc2cc(C(=O)N3CCO[C@@H](C(=O)O)C3)c(F)cc2N1. The van der Waals surface area contributed by atoms with Crippen LogP contribution in [-0.2, 0) is 20.7 Å². The first-order chi connectivity index (χ1) is 11.0. The highest BCUT2D eigenvalue weighted by Crippen LogP contribution is 2.27. The number of halogens is 1. The molecule has 0 radical (unpaired) electrons. The number of amides is 2. The summed E-state index contributed by atoms with van der Waals surface area (Å²) in [5.41, 5.74) is 0.948. The van der Waals surface area contributed by atoms with E-state index in [1.54, 1.807) is 0 Å². The number of hydrogen-bond donors (Lipinski definition) is 2. The summed E-state index contributed by atoms with van der Waals surface area (Å²) in [4.78, 5) is 36.1. The molecule has 0 saturated carbocycles. The minimum Gasteiger partial charge on any atom is -0.479 e. The van der Waals surface area contributed by atoms with E-state index in [2.05, 4.69) is 5.32 Å². The standard InChI is InChI=1S/C15H15FN2O5/c16-10-6-11-8(1-2-13(19)17-11)5-9(10)14(20)18-3-4-23-12(7-18)15(21)22/h5-6,12H,1-4,7H2,(H,17,19)(H,21,22)/t12-/m1/s1. The number of ether oxygens (including phenoxy) is 1. The summed E-state index contributed by atoms with van der Waals surface area (Å²) in [6.07, 6.45) is -0.388.